The molecule has 2 aliphatic heterocycles. The number of nitrogens with zero attached hydrogens (tertiary/aromatic N) is 3. The van der Waals surface area contributed by atoms with Crippen LogP contribution in [-0.4, -0.2) is 56.5 Å². The summed E-state index contributed by atoms with van der Waals surface area (Å²) in [6, 6.07) is 16.0. The van der Waals surface area contributed by atoms with Crippen molar-refractivity contribution in [2.75, 3.05) is 19.6 Å². The number of nitrogens with one attached hydrogen (secondary N) is 1. The largest absolute Gasteiger partial charge is 0.391 e. The minimum atomic E-state index is -0.954. The second kappa shape index (κ2) is 6.90. The number of benzene rings is 2. The first kappa shape index (κ1) is 17.7. The standard InChI is InChI=1S/C22H24N4O2/c27-19-8-12-26(22(28)9-11-23-14-22)20(19)21-24-10-7-18(25-21)17-6-5-15-3-1-2-4-16(15)13-17/h1-7,10,13,19-20,23,27-28H,8-9,11-12,14H2. The summed E-state index contributed by atoms with van der Waals surface area (Å²) in [5.74, 6) is 0.566. The van der Waals surface area contributed by atoms with Crippen LogP contribution in [0.3, 0.4) is 0 Å². The van der Waals surface area contributed by atoms with Gasteiger partial charge in [0, 0.05) is 31.3 Å². The second-order valence-corrected chi connectivity index (χ2v) is 7.77. The summed E-state index contributed by atoms with van der Waals surface area (Å²) in [4.78, 5) is 11.2. The lowest BCUT2D eigenvalue weighted by Gasteiger charge is -2.37. The Hall–Kier alpha value is -2.38. The third-order valence-electron chi connectivity index (χ3n) is 5.99. The summed E-state index contributed by atoms with van der Waals surface area (Å²) in [5, 5.41) is 27.2. The van der Waals surface area contributed by atoms with Crippen molar-refractivity contribution in [1.29, 1.82) is 0 Å². The van der Waals surface area contributed by atoms with Gasteiger partial charge in [-0.25, -0.2) is 9.97 Å². The first-order chi connectivity index (χ1) is 13.6. The molecule has 0 bridgehead atoms. The Labute approximate surface area is 163 Å². The van der Waals surface area contributed by atoms with Gasteiger partial charge in [0.2, 0.25) is 0 Å². The zero-order valence-corrected chi connectivity index (χ0v) is 15.6. The molecule has 2 aromatic carbocycles. The maximum absolute atomic E-state index is 11.0. The summed E-state index contributed by atoms with van der Waals surface area (Å²) >= 11 is 0. The van der Waals surface area contributed by atoms with Crippen LogP contribution in [-0.2, 0) is 0 Å². The van der Waals surface area contributed by atoms with E-state index in [1.165, 1.54) is 5.39 Å². The molecule has 0 amide bonds. The van der Waals surface area contributed by atoms with Gasteiger partial charge in [0.1, 0.15) is 11.5 Å². The van der Waals surface area contributed by atoms with E-state index in [1.807, 2.05) is 23.1 Å². The lowest BCUT2D eigenvalue weighted by Crippen LogP contribution is -2.51. The van der Waals surface area contributed by atoms with Crippen molar-refractivity contribution >= 4 is 10.8 Å². The third-order valence-corrected chi connectivity index (χ3v) is 5.99. The summed E-state index contributed by atoms with van der Waals surface area (Å²) in [5.41, 5.74) is 0.888. The zero-order chi connectivity index (χ0) is 19.1. The Morgan fingerprint density at radius 3 is 2.79 bits per heavy atom. The number of aliphatic hydroxyl groups is 2. The van der Waals surface area contributed by atoms with E-state index in [9.17, 15) is 10.2 Å². The molecule has 6 nitrogen and oxygen atoms in total. The summed E-state index contributed by atoms with van der Waals surface area (Å²) < 4.78 is 0. The highest BCUT2D eigenvalue weighted by Gasteiger charge is 2.48. The first-order valence-corrected chi connectivity index (χ1v) is 9.84. The van der Waals surface area contributed by atoms with E-state index in [0.29, 0.717) is 31.8 Å². The van der Waals surface area contributed by atoms with Crippen LogP contribution >= 0.6 is 0 Å². The van der Waals surface area contributed by atoms with Crippen molar-refractivity contribution in [2.24, 2.45) is 0 Å². The van der Waals surface area contributed by atoms with Crippen LogP contribution in [0.2, 0.25) is 0 Å². The zero-order valence-electron chi connectivity index (χ0n) is 15.6. The lowest BCUT2D eigenvalue weighted by atomic mass is 10.0. The molecule has 3 N–H and O–H groups in total. The summed E-state index contributed by atoms with van der Waals surface area (Å²) in [7, 11) is 0. The molecule has 5 rings (SSSR count). The number of likely N-dealkylation sites (tertiary alicyclic amines) is 1. The molecule has 3 unspecified atom stereocenters. The number of β-amino-alcohol motifs (C(OH)–C–C–N with tert-alkyl or cyclic N) is 1. The summed E-state index contributed by atoms with van der Waals surface area (Å²) in [6.07, 6.45) is 2.40. The third kappa shape index (κ3) is 2.99. The minimum absolute atomic E-state index is 0.398. The van der Waals surface area contributed by atoms with Gasteiger partial charge in [0.05, 0.1) is 17.8 Å². The van der Waals surface area contributed by atoms with Crippen LogP contribution in [0.5, 0.6) is 0 Å². The van der Waals surface area contributed by atoms with Crippen molar-refractivity contribution in [2.45, 2.75) is 30.7 Å². The highest BCUT2D eigenvalue weighted by atomic mass is 16.3. The van der Waals surface area contributed by atoms with Crippen LogP contribution in [0, 0.1) is 0 Å². The van der Waals surface area contributed by atoms with Gasteiger partial charge in [-0.3, -0.25) is 4.90 Å². The Morgan fingerprint density at radius 2 is 1.96 bits per heavy atom. The number of aromatic nitrogens is 2. The van der Waals surface area contributed by atoms with Gasteiger partial charge in [0.25, 0.3) is 0 Å². The SMILES string of the molecule is OC1CCN(C2(O)CCNC2)C1c1nccc(-c2ccc3ccccc3c2)n1. The highest BCUT2D eigenvalue weighted by Crippen LogP contribution is 2.38. The Kier molecular flexibility index (Phi) is 4.36. The molecule has 0 saturated carbocycles. The van der Waals surface area contributed by atoms with Crippen LogP contribution in [0.25, 0.3) is 22.0 Å². The number of rotatable bonds is 3. The molecule has 3 aromatic rings. The fourth-order valence-electron chi connectivity index (χ4n) is 4.49. The van der Waals surface area contributed by atoms with Gasteiger partial charge in [-0.05, 0) is 35.9 Å². The minimum Gasteiger partial charge on any atom is -0.391 e. The van der Waals surface area contributed by atoms with E-state index in [2.05, 4.69) is 40.6 Å². The molecule has 28 heavy (non-hydrogen) atoms. The molecule has 3 heterocycles. The smallest absolute Gasteiger partial charge is 0.148 e. The normalized spacial score (nSPS) is 28.2. The number of hydrogen-bond donors (Lipinski definition) is 3. The van der Waals surface area contributed by atoms with Crippen LogP contribution in [0.1, 0.15) is 24.7 Å². The Morgan fingerprint density at radius 1 is 1.11 bits per heavy atom. The molecule has 1 aromatic heterocycles. The van der Waals surface area contributed by atoms with E-state index in [1.54, 1.807) is 6.20 Å². The molecule has 2 fully saturated rings. The molecule has 0 aliphatic carbocycles. The maximum atomic E-state index is 11.0. The molecular formula is C22H24N4O2. The topological polar surface area (TPSA) is 81.5 Å². The van der Waals surface area contributed by atoms with Gasteiger partial charge >= 0.3 is 0 Å². The van der Waals surface area contributed by atoms with Gasteiger partial charge in [-0.1, -0.05) is 36.4 Å². The van der Waals surface area contributed by atoms with Gasteiger partial charge < -0.3 is 15.5 Å². The second-order valence-electron chi connectivity index (χ2n) is 7.77. The Bertz CT molecular complexity index is 1000. The van der Waals surface area contributed by atoms with E-state index < -0.39 is 17.9 Å². The quantitative estimate of drug-likeness (QED) is 0.649. The fraction of sp³-hybridized carbons (Fsp3) is 0.364. The van der Waals surface area contributed by atoms with Crippen LogP contribution in [0.15, 0.2) is 54.7 Å². The summed E-state index contributed by atoms with van der Waals surface area (Å²) in [6.45, 7) is 1.90. The van der Waals surface area contributed by atoms with Gasteiger partial charge in [-0.15, -0.1) is 0 Å². The maximum Gasteiger partial charge on any atom is 0.148 e. The lowest BCUT2D eigenvalue weighted by molar-refractivity contribution is -0.110. The molecule has 3 atom stereocenters. The van der Waals surface area contributed by atoms with E-state index in [4.69, 9.17) is 4.98 Å². The van der Waals surface area contributed by atoms with Crippen molar-refractivity contribution in [3.05, 3.63) is 60.6 Å². The molecular weight excluding hydrogens is 352 g/mol. The van der Waals surface area contributed by atoms with Crippen molar-refractivity contribution in [3.8, 4) is 11.3 Å². The highest BCUT2D eigenvalue weighted by molar-refractivity contribution is 5.86. The monoisotopic (exact) mass is 376 g/mol. The Balaban J connectivity index is 1.52. The number of fused-ring (bicyclic) bond motifs is 1. The van der Waals surface area contributed by atoms with Crippen molar-refractivity contribution in [3.63, 3.8) is 0 Å². The predicted octanol–water partition coefficient (Wildman–Crippen LogP) is 2.09. The average molecular weight is 376 g/mol. The molecule has 2 saturated heterocycles. The van der Waals surface area contributed by atoms with E-state index in [-0.39, 0.29) is 0 Å². The van der Waals surface area contributed by atoms with E-state index in [0.717, 1.165) is 23.2 Å². The molecule has 144 valence electrons. The molecule has 0 spiro atoms. The number of aliphatic hydroxyl groups excluding tert-OH is 1. The van der Waals surface area contributed by atoms with Crippen molar-refractivity contribution in [1.82, 2.24) is 20.2 Å². The van der Waals surface area contributed by atoms with Crippen molar-refractivity contribution < 1.29 is 10.2 Å². The fourth-order valence-corrected chi connectivity index (χ4v) is 4.49. The van der Waals surface area contributed by atoms with Crippen LogP contribution in [0.4, 0.5) is 0 Å². The average Bonchev–Trinajstić information content (AvgIpc) is 3.34. The number of hydrogen-bond acceptors (Lipinski definition) is 6. The van der Waals surface area contributed by atoms with Gasteiger partial charge in [-0.2, -0.15) is 0 Å². The van der Waals surface area contributed by atoms with Gasteiger partial charge in [0.15, 0.2) is 0 Å². The predicted molar refractivity (Wildman–Crippen MR) is 107 cm³/mol. The molecule has 6 heteroatoms. The first-order valence-electron chi connectivity index (χ1n) is 9.84. The van der Waals surface area contributed by atoms with Crippen LogP contribution < -0.4 is 5.32 Å². The van der Waals surface area contributed by atoms with E-state index >= 15 is 0 Å². The molecule has 2 aliphatic rings. The molecule has 0 radical (unpaired) electrons.